The predicted molar refractivity (Wildman–Crippen MR) is 126 cm³/mol. The summed E-state index contributed by atoms with van der Waals surface area (Å²) >= 11 is 7.48. The number of carbonyl (C=O) groups excluding carboxylic acids is 3. The lowest BCUT2D eigenvalue weighted by Gasteiger charge is -2.08. The standard InChI is InChI=1S/C24H21ClN2O4S/c25-17-6-10-20(11-7-17)32-21-12-8-19(9-13-21)26-22(28)14-15-24(30)31-16-23(29)27-18-4-2-1-3-5-18/h1-13H,14-16H2,(H,26,28)(H,27,29). The Labute approximate surface area is 195 Å². The number of para-hydroxylation sites is 1. The Morgan fingerprint density at radius 1 is 0.719 bits per heavy atom. The Hall–Kier alpha value is -3.29. The number of anilines is 2. The van der Waals surface area contributed by atoms with Gasteiger partial charge in [0.25, 0.3) is 5.91 Å². The molecule has 0 atom stereocenters. The van der Waals surface area contributed by atoms with Crippen molar-refractivity contribution < 1.29 is 19.1 Å². The number of amides is 2. The fraction of sp³-hybridized carbons (Fsp3) is 0.125. The van der Waals surface area contributed by atoms with Crippen LogP contribution in [0.25, 0.3) is 0 Å². The van der Waals surface area contributed by atoms with Crippen LogP contribution < -0.4 is 10.6 Å². The van der Waals surface area contributed by atoms with Gasteiger partial charge in [-0.15, -0.1) is 0 Å². The molecule has 0 fully saturated rings. The summed E-state index contributed by atoms with van der Waals surface area (Å²) in [5.41, 5.74) is 1.25. The van der Waals surface area contributed by atoms with Crippen molar-refractivity contribution in [2.75, 3.05) is 17.2 Å². The van der Waals surface area contributed by atoms with E-state index in [0.717, 1.165) is 9.79 Å². The maximum absolute atomic E-state index is 12.1. The van der Waals surface area contributed by atoms with E-state index >= 15 is 0 Å². The zero-order valence-electron chi connectivity index (χ0n) is 17.0. The first-order valence-electron chi connectivity index (χ1n) is 9.82. The molecule has 32 heavy (non-hydrogen) atoms. The van der Waals surface area contributed by atoms with E-state index in [9.17, 15) is 14.4 Å². The highest BCUT2D eigenvalue weighted by Gasteiger charge is 2.11. The third-order valence-electron chi connectivity index (χ3n) is 4.17. The lowest BCUT2D eigenvalue weighted by Crippen LogP contribution is -2.21. The molecule has 0 unspecified atom stereocenters. The van der Waals surface area contributed by atoms with Gasteiger partial charge in [-0.1, -0.05) is 41.6 Å². The van der Waals surface area contributed by atoms with Crippen molar-refractivity contribution in [1.82, 2.24) is 0 Å². The first kappa shape index (κ1) is 23.4. The second-order valence-corrected chi connectivity index (χ2v) is 8.29. The van der Waals surface area contributed by atoms with Crippen LogP contribution >= 0.6 is 23.4 Å². The smallest absolute Gasteiger partial charge is 0.306 e. The highest BCUT2D eigenvalue weighted by atomic mass is 35.5. The number of hydrogen-bond acceptors (Lipinski definition) is 5. The zero-order valence-corrected chi connectivity index (χ0v) is 18.6. The molecule has 3 aromatic rings. The van der Waals surface area contributed by atoms with Crippen LogP contribution in [-0.4, -0.2) is 24.4 Å². The molecule has 0 heterocycles. The number of rotatable bonds is 9. The fourth-order valence-corrected chi connectivity index (χ4v) is 3.56. The minimum atomic E-state index is -0.613. The molecule has 8 heteroatoms. The number of ether oxygens (including phenoxy) is 1. The Morgan fingerprint density at radius 2 is 1.28 bits per heavy atom. The van der Waals surface area contributed by atoms with Gasteiger partial charge in [0, 0.05) is 32.6 Å². The normalized spacial score (nSPS) is 10.3. The number of nitrogens with one attached hydrogen (secondary N) is 2. The van der Waals surface area contributed by atoms with Crippen LogP contribution in [0.3, 0.4) is 0 Å². The molecule has 0 aliphatic carbocycles. The molecule has 0 bridgehead atoms. The van der Waals surface area contributed by atoms with Crippen molar-refractivity contribution in [1.29, 1.82) is 0 Å². The molecule has 164 valence electrons. The molecule has 0 spiro atoms. The van der Waals surface area contributed by atoms with Gasteiger partial charge >= 0.3 is 5.97 Å². The number of carbonyl (C=O) groups is 3. The van der Waals surface area contributed by atoms with Gasteiger partial charge in [0.05, 0.1) is 6.42 Å². The number of halogens is 1. The lowest BCUT2D eigenvalue weighted by atomic mass is 10.2. The highest BCUT2D eigenvalue weighted by Crippen LogP contribution is 2.29. The molecular weight excluding hydrogens is 448 g/mol. The van der Waals surface area contributed by atoms with E-state index in [1.54, 1.807) is 48.2 Å². The van der Waals surface area contributed by atoms with E-state index < -0.39 is 18.5 Å². The minimum absolute atomic E-state index is 0.0413. The monoisotopic (exact) mass is 468 g/mol. The summed E-state index contributed by atoms with van der Waals surface area (Å²) in [5.74, 6) is -1.36. The molecule has 0 aliphatic heterocycles. The molecule has 2 amide bonds. The Bertz CT molecular complexity index is 1060. The molecule has 0 aliphatic rings. The molecular formula is C24H21ClN2O4S. The highest BCUT2D eigenvalue weighted by molar-refractivity contribution is 7.99. The number of esters is 1. The van der Waals surface area contributed by atoms with Gasteiger partial charge in [-0.05, 0) is 60.7 Å². The molecule has 2 N–H and O–H groups in total. The summed E-state index contributed by atoms with van der Waals surface area (Å²) < 4.78 is 4.91. The Kier molecular flexibility index (Phi) is 8.71. The average molecular weight is 469 g/mol. The van der Waals surface area contributed by atoms with Crippen molar-refractivity contribution in [3.63, 3.8) is 0 Å². The predicted octanol–water partition coefficient (Wildman–Crippen LogP) is 5.39. The third kappa shape index (κ3) is 8.09. The van der Waals surface area contributed by atoms with Gasteiger partial charge in [-0.2, -0.15) is 0 Å². The lowest BCUT2D eigenvalue weighted by molar-refractivity contribution is -0.147. The van der Waals surface area contributed by atoms with Gasteiger partial charge in [0.2, 0.25) is 5.91 Å². The van der Waals surface area contributed by atoms with Crippen LogP contribution in [0.1, 0.15) is 12.8 Å². The molecule has 3 aromatic carbocycles. The quantitative estimate of drug-likeness (QED) is 0.411. The van der Waals surface area contributed by atoms with Gasteiger partial charge in [-0.25, -0.2) is 0 Å². The van der Waals surface area contributed by atoms with Crippen LogP contribution in [0.4, 0.5) is 11.4 Å². The van der Waals surface area contributed by atoms with Crippen LogP contribution in [0.2, 0.25) is 5.02 Å². The largest absolute Gasteiger partial charge is 0.456 e. The molecule has 0 saturated carbocycles. The van der Waals surface area contributed by atoms with Crippen LogP contribution in [0.5, 0.6) is 0 Å². The van der Waals surface area contributed by atoms with E-state index in [4.69, 9.17) is 16.3 Å². The first-order chi connectivity index (χ1) is 15.5. The van der Waals surface area contributed by atoms with Gasteiger partial charge in [-0.3, -0.25) is 14.4 Å². The maximum Gasteiger partial charge on any atom is 0.306 e. The van der Waals surface area contributed by atoms with Crippen LogP contribution in [0, 0.1) is 0 Å². The van der Waals surface area contributed by atoms with E-state index in [1.807, 2.05) is 42.5 Å². The van der Waals surface area contributed by atoms with Crippen molar-refractivity contribution in [3.8, 4) is 0 Å². The Morgan fingerprint density at radius 3 is 1.94 bits per heavy atom. The van der Waals surface area contributed by atoms with Crippen molar-refractivity contribution in [2.24, 2.45) is 0 Å². The van der Waals surface area contributed by atoms with Crippen molar-refractivity contribution in [2.45, 2.75) is 22.6 Å². The third-order valence-corrected chi connectivity index (χ3v) is 5.43. The zero-order chi connectivity index (χ0) is 22.8. The summed E-state index contributed by atoms with van der Waals surface area (Å²) in [7, 11) is 0. The molecule has 0 radical (unpaired) electrons. The topological polar surface area (TPSA) is 84.5 Å². The fourth-order valence-electron chi connectivity index (χ4n) is 2.62. The summed E-state index contributed by atoms with van der Waals surface area (Å²) in [5, 5.41) is 6.04. The van der Waals surface area contributed by atoms with E-state index in [0.29, 0.717) is 16.4 Å². The van der Waals surface area contributed by atoms with E-state index in [-0.39, 0.29) is 18.7 Å². The second kappa shape index (κ2) is 11.9. The van der Waals surface area contributed by atoms with Crippen molar-refractivity contribution in [3.05, 3.63) is 83.9 Å². The Balaban J connectivity index is 1.36. The summed E-state index contributed by atoms with van der Waals surface area (Å²) in [4.78, 5) is 37.7. The molecule has 0 aromatic heterocycles. The van der Waals surface area contributed by atoms with Crippen LogP contribution in [-0.2, 0) is 19.1 Å². The maximum atomic E-state index is 12.1. The van der Waals surface area contributed by atoms with E-state index in [2.05, 4.69) is 10.6 Å². The van der Waals surface area contributed by atoms with E-state index in [1.165, 1.54) is 0 Å². The van der Waals surface area contributed by atoms with Gasteiger partial charge in [0.15, 0.2) is 6.61 Å². The molecule has 3 rings (SSSR count). The summed E-state index contributed by atoms with van der Waals surface area (Å²) in [6.07, 6.45) is -0.157. The van der Waals surface area contributed by atoms with Crippen LogP contribution in [0.15, 0.2) is 88.7 Å². The second-order valence-electron chi connectivity index (χ2n) is 6.70. The SMILES string of the molecule is O=C(CCC(=O)OCC(=O)Nc1ccccc1)Nc1ccc(Sc2ccc(Cl)cc2)cc1. The molecule has 6 nitrogen and oxygen atoms in total. The first-order valence-corrected chi connectivity index (χ1v) is 11.0. The summed E-state index contributed by atoms with van der Waals surface area (Å²) in [6.45, 7) is -0.401. The number of hydrogen-bond donors (Lipinski definition) is 2. The van der Waals surface area contributed by atoms with Gasteiger partial charge < -0.3 is 15.4 Å². The van der Waals surface area contributed by atoms with Crippen molar-refractivity contribution >= 4 is 52.5 Å². The van der Waals surface area contributed by atoms with Gasteiger partial charge in [0.1, 0.15) is 0 Å². The summed E-state index contributed by atoms with van der Waals surface area (Å²) in [6, 6.07) is 23.8. The molecule has 0 saturated heterocycles. The minimum Gasteiger partial charge on any atom is -0.456 e. The number of benzene rings is 3. The average Bonchev–Trinajstić information content (AvgIpc) is 2.80.